The van der Waals surface area contributed by atoms with Crippen molar-refractivity contribution in [3.63, 3.8) is 0 Å². The van der Waals surface area contributed by atoms with Crippen LogP contribution in [0.25, 0.3) is 0 Å². The van der Waals surface area contributed by atoms with Crippen LogP contribution in [0.4, 0.5) is 0 Å². The molecule has 0 bridgehead atoms. The minimum atomic E-state index is -1.19. The number of imidazole rings is 1. The Kier molecular flexibility index (Phi) is 4.16. The summed E-state index contributed by atoms with van der Waals surface area (Å²) in [4.78, 5) is 29.1. The van der Waals surface area contributed by atoms with Crippen LogP contribution in [0.2, 0.25) is 0 Å². The van der Waals surface area contributed by atoms with E-state index in [4.69, 9.17) is 9.84 Å². The number of hydrogen-bond acceptors (Lipinski definition) is 4. The van der Waals surface area contributed by atoms with E-state index in [1.165, 1.54) is 6.33 Å². The molecule has 1 fully saturated rings. The monoisotopic (exact) mass is 267 g/mol. The molecule has 1 aromatic rings. The predicted molar refractivity (Wildman–Crippen MR) is 66.0 cm³/mol. The smallest absolute Gasteiger partial charge is 0.354 e. The quantitative estimate of drug-likeness (QED) is 0.743. The van der Waals surface area contributed by atoms with Crippen molar-refractivity contribution in [1.82, 2.24) is 15.3 Å². The van der Waals surface area contributed by atoms with Crippen molar-refractivity contribution in [1.29, 1.82) is 0 Å². The van der Waals surface area contributed by atoms with Gasteiger partial charge in [-0.2, -0.15) is 0 Å². The Balaban J connectivity index is 2.00. The average molecular weight is 267 g/mol. The van der Waals surface area contributed by atoms with E-state index < -0.39 is 11.9 Å². The first kappa shape index (κ1) is 13.5. The molecule has 1 saturated heterocycles. The number of aromatic carboxylic acids is 1. The number of aromatic nitrogens is 2. The summed E-state index contributed by atoms with van der Waals surface area (Å²) in [5, 5.41) is 11.7. The Morgan fingerprint density at radius 3 is 2.84 bits per heavy atom. The Bertz CT molecular complexity index is 465. The van der Waals surface area contributed by atoms with Crippen LogP contribution in [-0.4, -0.2) is 46.2 Å². The van der Waals surface area contributed by atoms with E-state index in [1.54, 1.807) is 0 Å². The van der Waals surface area contributed by atoms with E-state index in [1.807, 2.05) is 6.92 Å². The Labute approximate surface area is 110 Å². The van der Waals surface area contributed by atoms with Crippen molar-refractivity contribution in [2.75, 3.05) is 13.2 Å². The van der Waals surface area contributed by atoms with Gasteiger partial charge in [-0.05, 0) is 25.7 Å². The first-order chi connectivity index (χ1) is 9.09. The van der Waals surface area contributed by atoms with Crippen LogP contribution in [0.1, 0.15) is 40.7 Å². The van der Waals surface area contributed by atoms with Gasteiger partial charge in [0.25, 0.3) is 5.91 Å². The van der Waals surface area contributed by atoms with Crippen molar-refractivity contribution in [2.45, 2.75) is 25.8 Å². The number of rotatable bonds is 4. The first-order valence-corrected chi connectivity index (χ1v) is 6.25. The van der Waals surface area contributed by atoms with Gasteiger partial charge in [0.05, 0.1) is 6.33 Å². The number of H-pyrrole nitrogens is 1. The van der Waals surface area contributed by atoms with Crippen LogP contribution in [-0.2, 0) is 4.74 Å². The fraction of sp³-hybridized carbons (Fsp3) is 0.583. The number of nitrogens with one attached hydrogen (secondary N) is 2. The van der Waals surface area contributed by atoms with Crippen LogP contribution < -0.4 is 5.32 Å². The fourth-order valence-corrected chi connectivity index (χ4v) is 2.24. The van der Waals surface area contributed by atoms with Gasteiger partial charge < -0.3 is 20.1 Å². The zero-order valence-corrected chi connectivity index (χ0v) is 10.7. The van der Waals surface area contributed by atoms with Crippen molar-refractivity contribution >= 4 is 11.9 Å². The molecule has 7 nitrogen and oxygen atoms in total. The van der Waals surface area contributed by atoms with Gasteiger partial charge in [0, 0.05) is 19.3 Å². The van der Waals surface area contributed by atoms with E-state index in [2.05, 4.69) is 15.3 Å². The summed E-state index contributed by atoms with van der Waals surface area (Å²) in [6.45, 7) is 3.32. The van der Waals surface area contributed by atoms with Crippen LogP contribution in [0.5, 0.6) is 0 Å². The molecule has 1 aliphatic heterocycles. The number of carbonyl (C=O) groups is 2. The highest BCUT2D eigenvalue weighted by Gasteiger charge is 2.25. The number of carboxylic acid groups (broad SMARTS) is 1. The largest absolute Gasteiger partial charge is 0.477 e. The maximum atomic E-state index is 12.0. The van der Waals surface area contributed by atoms with E-state index >= 15 is 0 Å². The number of amides is 1. The third-order valence-electron chi connectivity index (χ3n) is 3.40. The molecule has 19 heavy (non-hydrogen) atoms. The highest BCUT2D eigenvalue weighted by molar-refractivity contribution is 6.02. The molecule has 104 valence electrons. The molecule has 3 N–H and O–H groups in total. The minimum Gasteiger partial charge on any atom is -0.477 e. The molecule has 0 saturated carbocycles. The maximum absolute atomic E-state index is 12.0. The highest BCUT2D eigenvalue weighted by atomic mass is 16.5. The summed E-state index contributed by atoms with van der Waals surface area (Å²) in [5.74, 6) is -1.30. The Hall–Kier alpha value is -1.89. The number of aromatic amines is 1. The van der Waals surface area contributed by atoms with E-state index in [0.29, 0.717) is 19.1 Å². The van der Waals surface area contributed by atoms with Crippen molar-refractivity contribution in [2.24, 2.45) is 5.92 Å². The molecule has 2 rings (SSSR count). The minimum absolute atomic E-state index is 0.0326. The molecule has 0 radical (unpaired) electrons. The number of carboxylic acids is 1. The third-order valence-corrected chi connectivity index (χ3v) is 3.40. The van der Waals surface area contributed by atoms with Gasteiger partial charge in [0.15, 0.2) is 11.4 Å². The zero-order valence-electron chi connectivity index (χ0n) is 10.7. The van der Waals surface area contributed by atoms with Gasteiger partial charge >= 0.3 is 5.97 Å². The summed E-state index contributed by atoms with van der Waals surface area (Å²) >= 11 is 0. The molecule has 0 aliphatic carbocycles. The third kappa shape index (κ3) is 3.11. The van der Waals surface area contributed by atoms with Gasteiger partial charge in [-0.25, -0.2) is 9.78 Å². The average Bonchev–Trinajstić information content (AvgIpc) is 2.89. The number of ether oxygens (including phenoxy) is 1. The van der Waals surface area contributed by atoms with Crippen LogP contribution >= 0.6 is 0 Å². The normalized spacial score (nSPS) is 17.9. The fourth-order valence-electron chi connectivity index (χ4n) is 2.24. The van der Waals surface area contributed by atoms with Gasteiger partial charge in [-0.3, -0.25) is 4.79 Å². The molecule has 1 unspecified atom stereocenters. The first-order valence-electron chi connectivity index (χ1n) is 6.25. The molecule has 1 amide bonds. The lowest BCUT2D eigenvalue weighted by Crippen LogP contribution is -2.40. The second-order valence-electron chi connectivity index (χ2n) is 4.64. The summed E-state index contributed by atoms with van der Waals surface area (Å²) in [5.41, 5.74) is -0.261. The summed E-state index contributed by atoms with van der Waals surface area (Å²) < 4.78 is 5.27. The molecule has 0 aromatic carbocycles. The highest BCUT2D eigenvalue weighted by Crippen LogP contribution is 2.18. The number of hydrogen-bond donors (Lipinski definition) is 3. The van der Waals surface area contributed by atoms with Crippen molar-refractivity contribution < 1.29 is 19.4 Å². The van der Waals surface area contributed by atoms with Crippen LogP contribution in [0, 0.1) is 5.92 Å². The second-order valence-corrected chi connectivity index (χ2v) is 4.64. The maximum Gasteiger partial charge on any atom is 0.354 e. The van der Waals surface area contributed by atoms with Gasteiger partial charge in [-0.15, -0.1) is 0 Å². The Morgan fingerprint density at radius 2 is 2.21 bits per heavy atom. The van der Waals surface area contributed by atoms with Crippen LogP contribution in [0.3, 0.4) is 0 Å². The standard InChI is InChI=1S/C12H17N3O4/c1-7(8-2-4-19-5-3-8)15-11(16)9-10(12(17)18)14-6-13-9/h6-8H,2-5H2,1H3,(H,13,14)(H,15,16)(H,17,18). The lowest BCUT2D eigenvalue weighted by molar-refractivity contribution is 0.0536. The zero-order chi connectivity index (χ0) is 13.8. The van der Waals surface area contributed by atoms with E-state index in [-0.39, 0.29) is 17.4 Å². The molecule has 2 heterocycles. The van der Waals surface area contributed by atoms with Crippen molar-refractivity contribution in [3.05, 3.63) is 17.7 Å². The van der Waals surface area contributed by atoms with E-state index in [0.717, 1.165) is 12.8 Å². The van der Waals surface area contributed by atoms with Gasteiger partial charge in [-0.1, -0.05) is 0 Å². The Morgan fingerprint density at radius 1 is 1.53 bits per heavy atom. The lowest BCUT2D eigenvalue weighted by Gasteiger charge is -2.28. The number of nitrogens with zero attached hydrogens (tertiary/aromatic N) is 1. The van der Waals surface area contributed by atoms with Gasteiger partial charge in [0.1, 0.15) is 0 Å². The van der Waals surface area contributed by atoms with E-state index in [9.17, 15) is 9.59 Å². The molecule has 1 atom stereocenters. The van der Waals surface area contributed by atoms with Crippen LogP contribution in [0.15, 0.2) is 6.33 Å². The predicted octanol–water partition coefficient (Wildman–Crippen LogP) is 0.653. The topological polar surface area (TPSA) is 104 Å². The second kappa shape index (κ2) is 5.83. The van der Waals surface area contributed by atoms with Gasteiger partial charge in [0.2, 0.25) is 0 Å². The van der Waals surface area contributed by atoms with Crippen molar-refractivity contribution in [3.8, 4) is 0 Å². The molecular formula is C12H17N3O4. The molecule has 1 aliphatic rings. The molecular weight excluding hydrogens is 250 g/mol. The lowest BCUT2D eigenvalue weighted by atomic mass is 9.93. The molecule has 7 heteroatoms. The summed E-state index contributed by atoms with van der Waals surface area (Å²) in [6, 6.07) is -0.0326. The molecule has 1 aromatic heterocycles. The number of carbonyl (C=O) groups excluding carboxylic acids is 1. The SMILES string of the molecule is CC(NC(=O)c1nc[nH]c1C(=O)O)C1CCOCC1. The summed E-state index contributed by atoms with van der Waals surface area (Å²) in [7, 11) is 0. The molecule has 0 spiro atoms. The summed E-state index contributed by atoms with van der Waals surface area (Å²) in [6.07, 6.45) is 3.00.